The van der Waals surface area contributed by atoms with Crippen molar-refractivity contribution in [3.63, 3.8) is 0 Å². The molecule has 1 aliphatic rings. The minimum absolute atomic E-state index is 0. The molecule has 1 aromatic heterocycles. The van der Waals surface area contributed by atoms with Crippen molar-refractivity contribution in [1.29, 1.82) is 0 Å². The van der Waals surface area contributed by atoms with E-state index in [4.69, 9.17) is 0 Å². The maximum absolute atomic E-state index is 13.1. The number of anilines is 1. The number of amides is 1. The van der Waals surface area contributed by atoms with E-state index in [2.05, 4.69) is 10.1 Å². The number of aromatic nitrogens is 1. The van der Waals surface area contributed by atoms with Gasteiger partial charge in [-0.05, 0) is 29.8 Å². The molecule has 1 unspecified atom stereocenters. The van der Waals surface area contributed by atoms with Crippen LogP contribution in [0.15, 0.2) is 90.2 Å². The molecule has 0 saturated carbocycles. The normalized spacial score (nSPS) is 16.3. The molecule has 1 atom stereocenters. The standard InChI is InChI=1S/C20H15N3O.ClH/c24-20-18(15-9-3-1-4-10-15)19(17-13-7-8-14-21-17)22-23(20)16-11-5-2-6-12-16;/h1-14,18H;1H. The Hall–Kier alpha value is -2.98. The van der Waals surface area contributed by atoms with Crippen LogP contribution in [-0.4, -0.2) is 16.6 Å². The van der Waals surface area contributed by atoms with Crippen molar-refractivity contribution in [3.8, 4) is 0 Å². The number of benzene rings is 2. The average Bonchev–Trinajstić information content (AvgIpc) is 3.01. The van der Waals surface area contributed by atoms with Gasteiger partial charge in [0.15, 0.2) is 0 Å². The van der Waals surface area contributed by atoms with Crippen LogP contribution in [0.25, 0.3) is 0 Å². The molecular weight excluding hydrogens is 334 g/mol. The van der Waals surface area contributed by atoms with Crippen molar-refractivity contribution in [1.82, 2.24) is 4.98 Å². The van der Waals surface area contributed by atoms with Crippen molar-refractivity contribution in [2.75, 3.05) is 5.01 Å². The van der Waals surface area contributed by atoms with Gasteiger partial charge in [-0.3, -0.25) is 9.78 Å². The van der Waals surface area contributed by atoms with E-state index in [0.717, 1.165) is 16.9 Å². The van der Waals surface area contributed by atoms with Gasteiger partial charge in [0, 0.05) is 6.20 Å². The number of pyridine rings is 1. The van der Waals surface area contributed by atoms with Crippen LogP contribution in [0.5, 0.6) is 0 Å². The van der Waals surface area contributed by atoms with Gasteiger partial charge in [0.25, 0.3) is 5.91 Å². The summed E-state index contributed by atoms with van der Waals surface area (Å²) in [6, 6.07) is 24.8. The van der Waals surface area contributed by atoms with E-state index in [1.807, 2.05) is 78.9 Å². The lowest BCUT2D eigenvalue weighted by molar-refractivity contribution is -0.118. The van der Waals surface area contributed by atoms with E-state index in [9.17, 15) is 4.79 Å². The molecule has 1 amide bonds. The fraction of sp³-hybridized carbons (Fsp3) is 0.0500. The summed E-state index contributed by atoms with van der Waals surface area (Å²) >= 11 is 0. The van der Waals surface area contributed by atoms with Gasteiger partial charge in [0.1, 0.15) is 11.6 Å². The first kappa shape index (κ1) is 16.9. The Morgan fingerprint density at radius 3 is 2.08 bits per heavy atom. The van der Waals surface area contributed by atoms with Crippen LogP contribution in [0.3, 0.4) is 0 Å². The van der Waals surface area contributed by atoms with Gasteiger partial charge in [0.2, 0.25) is 0 Å². The van der Waals surface area contributed by atoms with Gasteiger partial charge in [0.05, 0.1) is 11.4 Å². The molecule has 4 nitrogen and oxygen atoms in total. The average molecular weight is 350 g/mol. The summed E-state index contributed by atoms with van der Waals surface area (Å²) in [5.74, 6) is -0.505. The van der Waals surface area contributed by atoms with Crippen LogP contribution in [0.4, 0.5) is 5.69 Å². The molecule has 0 bridgehead atoms. The number of rotatable bonds is 3. The summed E-state index contributed by atoms with van der Waals surface area (Å²) < 4.78 is 0. The van der Waals surface area contributed by atoms with Crippen molar-refractivity contribution in [2.24, 2.45) is 5.10 Å². The quantitative estimate of drug-likeness (QED) is 0.716. The Balaban J connectivity index is 0.00000182. The van der Waals surface area contributed by atoms with Gasteiger partial charge in [-0.15, -0.1) is 12.4 Å². The molecule has 0 spiro atoms. The van der Waals surface area contributed by atoms with Crippen LogP contribution in [-0.2, 0) is 4.79 Å². The molecule has 25 heavy (non-hydrogen) atoms. The predicted molar refractivity (Wildman–Crippen MR) is 101 cm³/mol. The van der Waals surface area contributed by atoms with Crippen molar-refractivity contribution < 1.29 is 4.79 Å². The number of hydrogen-bond acceptors (Lipinski definition) is 3. The maximum atomic E-state index is 13.1. The second-order valence-corrected chi connectivity index (χ2v) is 5.53. The summed E-state index contributed by atoms with van der Waals surface area (Å²) in [7, 11) is 0. The molecule has 4 rings (SSSR count). The monoisotopic (exact) mass is 349 g/mol. The van der Waals surface area contributed by atoms with E-state index >= 15 is 0 Å². The molecule has 2 heterocycles. The highest BCUT2D eigenvalue weighted by molar-refractivity contribution is 6.24. The largest absolute Gasteiger partial charge is 0.271 e. The van der Waals surface area contributed by atoms with Crippen molar-refractivity contribution in [3.05, 3.63) is 96.3 Å². The predicted octanol–water partition coefficient (Wildman–Crippen LogP) is 4.04. The molecule has 0 aliphatic carbocycles. The van der Waals surface area contributed by atoms with Crippen LogP contribution >= 0.6 is 12.4 Å². The van der Waals surface area contributed by atoms with Crippen molar-refractivity contribution >= 4 is 29.7 Å². The minimum Gasteiger partial charge on any atom is -0.271 e. The van der Waals surface area contributed by atoms with E-state index < -0.39 is 5.92 Å². The second kappa shape index (κ2) is 7.28. The molecule has 0 radical (unpaired) electrons. The molecular formula is C20H16ClN3O. The molecule has 124 valence electrons. The fourth-order valence-corrected chi connectivity index (χ4v) is 2.87. The van der Waals surface area contributed by atoms with Gasteiger partial charge in [-0.2, -0.15) is 10.1 Å². The Morgan fingerprint density at radius 2 is 1.44 bits per heavy atom. The first-order valence-electron chi connectivity index (χ1n) is 7.78. The number of hydrogen-bond donors (Lipinski definition) is 0. The third-order valence-corrected chi connectivity index (χ3v) is 4.00. The zero-order chi connectivity index (χ0) is 16.4. The number of carbonyl (C=O) groups is 1. The molecule has 1 aliphatic heterocycles. The van der Waals surface area contributed by atoms with Crippen LogP contribution < -0.4 is 5.01 Å². The van der Waals surface area contributed by atoms with Gasteiger partial charge >= 0.3 is 0 Å². The Labute approximate surface area is 152 Å². The molecule has 5 heteroatoms. The molecule has 3 aromatic rings. The third-order valence-electron chi connectivity index (χ3n) is 4.00. The maximum Gasteiger partial charge on any atom is 0.261 e. The summed E-state index contributed by atoms with van der Waals surface area (Å²) in [5.41, 5.74) is 3.08. The first-order valence-corrected chi connectivity index (χ1v) is 7.78. The van der Waals surface area contributed by atoms with E-state index in [-0.39, 0.29) is 18.3 Å². The Bertz CT molecular complexity index is 883. The van der Waals surface area contributed by atoms with Crippen LogP contribution in [0.1, 0.15) is 17.2 Å². The lowest BCUT2D eigenvalue weighted by atomic mass is 9.92. The number of nitrogens with zero attached hydrogens (tertiary/aromatic N) is 3. The van der Waals surface area contributed by atoms with Crippen LogP contribution in [0, 0.1) is 0 Å². The summed E-state index contributed by atoms with van der Waals surface area (Å²) in [6.07, 6.45) is 1.72. The van der Waals surface area contributed by atoms with Gasteiger partial charge in [-0.25, -0.2) is 0 Å². The van der Waals surface area contributed by atoms with E-state index in [1.54, 1.807) is 6.20 Å². The van der Waals surface area contributed by atoms with E-state index in [0.29, 0.717) is 5.71 Å². The van der Waals surface area contributed by atoms with Crippen LogP contribution in [0.2, 0.25) is 0 Å². The third kappa shape index (κ3) is 3.16. The molecule has 0 saturated heterocycles. The number of para-hydroxylation sites is 1. The summed E-state index contributed by atoms with van der Waals surface area (Å²) in [5, 5.41) is 6.08. The Kier molecular flexibility index (Phi) is 4.91. The first-order chi connectivity index (χ1) is 11.8. The minimum atomic E-state index is -0.443. The summed E-state index contributed by atoms with van der Waals surface area (Å²) in [4.78, 5) is 17.5. The molecule has 0 N–H and O–H groups in total. The number of carbonyl (C=O) groups excluding carboxylic acids is 1. The zero-order valence-corrected chi connectivity index (χ0v) is 14.1. The van der Waals surface area contributed by atoms with Gasteiger partial charge < -0.3 is 0 Å². The number of hydrazone groups is 1. The Morgan fingerprint density at radius 1 is 0.800 bits per heavy atom. The topological polar surface area (TPSA) is 45.6 Å². The highest BCUT2D eigenvalue weighted by Gasteiger charge is 2.38. The SMILES string of the molecule is Cl.O=C1C(c2ccccc2)C(c2ccccn2)=NN1c1ccccc1. The van der Waals surface area contributed by atoms with Gasteiger partial charge in [-0.1, -0.05) is 54.6 Å². The smallest absolute Gasteiger partial charge is 0.261 e. The zero-order valence-electron chi connectivity index (χ0n) is 13.3. The van der Waals surface area contributed by atoms with E-state index in [1.165, 1.54) is 5.01 Å². The van der Waals surface area contributed by atoms with Crippen molar-refractivity contribution in [2.45, 2.75) is 5.92 Å². The molecule has 0 fully saturated rings. The lowest BCUT2D eigenvalue weighted by Crippen LogP contribution is -2.26. The highest BCUT2D eigenvalue weighted by Crippen LogP contribution is 2.32. The lowest BCUT2D eigenvalue weighted by Gasteiger charge is -2.14. The molecule has 2 aromatic carbocycles. The highest BCUT2D eigenvalue weighted by atomic mass is 35.5. The second-order valence-electron chi connectivity index (χ2n) is 5.53. The fourth-order valence-electron chi connectivity index (χ4n) is 2.87. The summed E-state index contributed by atoms with van der Waals surface area (Å²) in [6.45, 7) is 0. The number of halogens is 1.